The molecule has 31 heavy (non-hydrogen) atoms. The number of nitrogens with one attached hydrogen (secondary N) is 2. The van der Waals surface area contributed by atoms with Crippen LogP contribution in [0.2, 0.25) is 0 Å². The first kappa shape index (κ1) is 22.7. The maximum Gasteiger partial charge on any atom is 0.321 e. The Kier molecular flexibility index (Phi) is 6.91. The number of aryl methyl sites for hydroxylation is 1. The molecule has 9 nitrogen and oxygen atoms in total. The van der Waals surface area contributed by atoms with Gasteiger partial charge in [-0.3, -0.25) is 19.5 Å². The zero-order chi connectivity index (χ0) is 22.7. The van der Waals surface area contributed by atoms with E-state index < -0.39 is 0 Å². The van der Waals surface area contributed by atoms with Crippen LogP contribution >= 0.6 is 11.3 Å². The van der Waals surface area contributed by atoms with Crippen molar-refractivity contribution in [2.75, 3.05) is 25.6 Å². The second kappa shape index (κ2) is 9.44. The van der Waals surface area contributed by atoms with E-state index in [4.69, 9.17) is 4.74 Å². The Morgan fingerprint density at radius 2 is 2.00 bits per heavy atom. The minimum atomic E-state index is -0.351. The molecule has 0 atom stereocenters. The van der Waals surface area contributed by atoms with Crippen molar-refractivity contribution in [3.05, 3.63) is 44.6 Å². The van der Waals surface area contributed by atoms with Crippen LogP contribution < -0.4 is 21.8 Å². The number of fused-ring (bicyclic) bond motifs is 1. The van der Waals surface area contributed by atoms with Crippen molar-refractivity contribution >= 4 is 32.8 Å². The van der Waals surface area contributed by atoms with Crippen LogP contribution in [0.3, 0.4) is 0 Å². The second-order valence-corrected chi connectivity index (χ2v) is 8.37. The highest BCUT2D eigenvalue weighted by Gasteiger charge is 2.19. The van der Waals surface area contributed by atoms with E-state index in [9.17, 15) is 14.4 Å². The number of rotatable bonds is 7. The van der Waals surface area contributed by atoms with Crippen molar-refractivity contribution in [1.29, 1.82) is 0 Å². The summed E-state index contributed by atoms with van der Waals surface area (Å²) in [7, 11) is 1.58. The average molecular weight is 446 g/mol. The molecule has 0 aliphatic carbocycles. The van der Waals surface area contributed by atoms with E-state index >= 15 is 0 Å². The predicted molar refractivity (Wildman–Crippen MR) is 123 cm³/mol. The van der Waals surface area contributed by atoms with Crippen LogP contribution in [0, 0.1) is 6.92 Å². The normalized spacial score (nSPS) is 11.3. The van der Waals surface area contributed by atoms with E-state index in [2.05, 4.69) is 15.6 Å². The van der Waals surface area contributed by atoms with Gasteiger partial charge in [0.15, 0.2) is 5.13 Å². The van der Waals surface area contributed by atoms with Gasteiger partial charge in [-0.15, -0.1) is 0 Å². The maximum atomic E-state index is 13.4. The summed E-state index contributed by atoms with van der Waals surface area (Å²) in [6.45, 7) is 8.84. The molecule has 3 rings (SSSR count). The third-order valence-electron chi connectivity index (χ3n) is 4.82. The number of anilines is 1. The number of aromatic nitrogens is 3. The summed E-state index contributed by atoms with van der Waals surface area (Å²) in [6.07, 6.45) is 0. The summed E-state index contributed by atoms with van der Waals surface area (Å²) in [5.74, 6) is 0. The van der Waals surface area contributed by atoms with E-state index in [1.165, 1.54) is 17.4 Å². The fourth-order valence-corrected chi connectivity index (χ4v) is 4.47. The third kappa shape index (κ3) is 4.70. The highest BCUT2D eigenvalue weighted by atomic mass is 32.1. The maximum absolute atomic E-state index is 13.4. The van der Waals surface area contributed by atoms with Crippen molar-refractivity contribution in [1.82, 2.24) is 19.4 Å². The van der Waals surface area contributed by atoms with Crippen molar-refractivity contribution in [2.24, 2.45) is 0 Å². The lowest BCUT2D eigenvalue weighted by atomic mass is 10.1. The smallest absolute Gasteiger partial charge is 0.321 e. The van der Waals surface area contributed by atoms with Crippen LogP contribution in [0.4, 0.5) is 9.93 Å². The molecule has 0 unspecified atom stereocenters. The summed E-state index contributed by atoms with van der Waals surface area (Å²) in [5.41, 5.74) is 1.87. The first-order valence-electron chi connectivity index (χ1n) is 10.1. The molecule has 3 aromatic heterocycles. The second-order valence-electron chi connectivity index (χ2n) is 7.39. The van der Waals surface area contributed by atoms with Crippen molar-refractivity contribution in [2.45, 2.75) is 40.3 Å². The number of methoxy groups -OCH3 is 1. The zero-order valence-corrected chi connectivity index (χ0v) is 19.1. The number of ether oxygens (including phenoxy) is 1. The Balaban J connectivity index is 2.15. The number of hydrogen-bond donors (Lipinski definition) is 2. The Labute approximate surface area is 183 Å². The first-order chi connectivity index (χ1) is 14.8. The molecule has 0 aromatic carbocycles. The van der Waals surface area contributed by atoms with Crippen LogP contribution in [0.5, 0.6) is 0 Å². The standard InChI is InChI=1S/C21H27N5O4S/c1-6-22-20(29)24-21-23-16-11-15(18(28)26(12(2)3)19(16)31-21)14-9-13(4)25(7-8-30-5)17(27)10-14/h9-12H,6-8H2,1-5H3,(H2,22,23,24,29). The molecule has 0 saturated carbocycles. The summed E-state index contributed by atoms with van der Waals surface area (Å²) in [6, 6.07) is 4.50. The van der Waals surface area contributed by atoms with Gasteiger partial charge in [-0.05, 0) is 45.4 Å². The minimum absolute atomic E-state index is 0.129. The van der Waals surface area contributed by atoms with Gasteiger partial charge in [0.25, 0.3) is 11.1 Å². The molecule has 10 heteroatoms. The van der Waals surface area contributed by atoms with E-state index in [0.717, 1.165) is 5.69 Å². The van der Waals surface area contributed by atoms with Crippen LogP contribution in [0.1, 0.15) is 32.5 Å². The number of carbonyl (C=O) groups excluding carboxylic acids is 1. The molecular formula is C21H27N5O4S. The molecule has 0 saturated heterocycles. The van der Waals surface area contributed by atoms with Crippen molar-refractivity contribution < 1.29 is 9.53 Å². The van der Waals surface area contributed by atoms with Gasteiger partial charge in [0.05, 0.1) is 6.61 Å². The number of nitrogens with zero attached hydrogens (tertiary/aromatic N) is 3. The Morgan fingerprint density at radius 3 is 2.61 bits per heavy atom. The number of pyridine rings is 2. The van der Waals surface area contributed by atoms with Crippen LogP contribution in [0.15, 0.2) is 27.8 Å². The van der Waals surface area contributed by atoms with E-state index in [1.54, 1.807) is 22.3 Å². The quantitative estimate of drug-likeness (QED) is 0.581. The highest BCUT2D eigenvalue weighted by Crippen LogP contribution is 2.29. The molecule has 2 N–H and O–H groups in total. The lowest BCUT2D eigenvalue weighted by Crippen LogP contribution is -2.28. The van der Waals surface area contributed by atoms with Gasteiger partial charge in [-0.2, -0.15) is 0 Å². The molecule has 2 amide bonds. The summed E-state index contributed by atoms with van der Waals surface area (Å²) < 4.78 is 8.34. The van der Waals surface area contributed by atoms with Crippen molar-refractivity contribution in [3.63, 3.8) is 0 Å². The van der Waals surface area contributed by atoms with Crippen LogP contribution in [0.25, 0.3) is 21.5 Å². The number of amides is 2. The van der Waals surface area contributed by atoms with Crippen molar-refractivity contribution in [3.8, 4) is 11.1 Å². The van der Waals surface area contributed by atoms with Gasteiger partial charge in [-0.25, -0.2) is 9.78 Å². The largest absolute Gasteiger partial charge is 0.383 e. The monoisotopic (exact) mass is 445 g/mol. The summed E-state index contributed by atoms with van der Waals surface area (Å²) >= 11 is 1.24. The molecule has 166 valence electrons. The molecule has 0 fully saturated rings. The van der Waals surface area contributed by atoms with E-state index in [-0.39, 0.29) is 23.2 Å². The molecule has 0 aliphatic rings. The fraction of sp³-hybridized carbons (Fsp3) is 0.429. The van der Waals surface area contributed by atoms with E-state index in [0.29, 0.717) is 46.3 Å². The lowest BCUT2D eigenvalue weighted by molar-refractivity contribution is 0.185. The molecule has 0 radical (unpaired) electrons. The molecule has 0 bridgehead atoms. The van der Waals surface area contributed by atoms with Gasteiger partial charge in [0, 0.05) is 43.6 Å². The summed E-state index contributed by atoms with van der Waals surface area (Å²) in [5, 5.41) is 5.76. The van der Waals surface area contributed by atoms with E-state index in [1.807, 2.05) is 33.8 Å². The average Bonchev–Trinajstić information content (AvgIpc) is 3.08. The number of thiazole rings is 1. The number of hydrogen-bond acceptors (Lipinski definition) is 6. The van der Waals surface area contributed by atoms with Gasteiger partial charge >= 0.3 is 6.03 Å². The van der Waals surface area contributed by atoms with Crippen LogP contribution in [-0.2, 0) is 11.3 Å². The third-order valence-corrected chi connectivity index (χ3v) is 5.81. The van der Waals surface area contributed by atoms with Gasteiger partial charge < -0.3 is 14.6 Å². The molecule has 3 aromatic rings. The lowest BCUT2D eigenvalue weighted by Gasteiger charge is -2.14. The fourth-order valence-electron chi connectivity index (χ4n) is 3.40. The Morgan fingerprint density at radius 1 is 1.26 bits per heavy atom. The Bertz CT molecular complexity index is 1220. The zero-order valence-electron chi connectivity index (χ0n) is 18.3. The minimum Gasteiger partial charge on any atom is -0.383 e. The molecule has 3 heterocycles. The SMILES string of the molecule is CCNC(=O)Nc1nc2cc(-c3cc(C)n(CCOC)c(=O)c3)c(=O)n(C(C)C)c2s1. The number of carbonyl (C=O) groups is 1. The van der Waals surface area contributed by atoms with Gasteiger partial charge in [0.2, 0.25) is 0 Å². The molecule has 0 spiro atoms. The molecular weight excluding hydrogens is 418 g/mol. The summed E-state index contributed by atoms with van der Waals surface area (Å²) in [4.78, 5) is 43.0. The highest BCUT2D eigenvalue weighted by molar-refractivity contribution is 7.22. The molecule has 0 aliphatic heterocycles. The first-order valence-corrected chi connectivity index (χ1v) is 10.9. The van der Waals surface area contributed by atoms with Gasteiger partial charge in [0.1, 0.15) is 10.3 Å². The van der Waals surface area contributed by atoms with Crippen LogP contribution in [-0.4, -0.2) is 40.4 Å². The number of urea groups is 1. The Hall–Kier alpha value is -2.98. The van der Waals surface area contributed by atoms with Gasteiger partial charge in [-0.1, -0.05) is 11.3 Å². The topological polar surface area (TPSA) is 107 Å². The predicted octanol–water partition coefficient (Wildman–Crippen LogP) is 2.96.